The van der Waals surface area contributed by atoms with Crippen molar-refractivity contribution in [1.82, 2.24) is 10.2 Å². The highest BCUT2D eigenvalue weighted by Crippen LogP contribution is 2.07. The Morgan fingerprint density at radius 1 is 1.29 bits per heavy atom. The van der Waals surface area contributed by atoms with Crippen LogP contribution in [0.3, 0.4) is 0 Å². The van der Waals surface area contributed by atoms with E-state index in [0.717, 1.165) is 31.6 Å². The van der Waals surface area contributed by atoms with Crippen LogP contribution in [0.1, 0.15) is 29.3 Å². The Hall–Kier alpha value is -1.19. The van der Waals surface area contributed by atoms with Gasteiger partial charge < -0.3 is 10.2 Å². The topological polar surface area (TPSA) is 32.3 Å². The van der Waals surface area contributed by atoms with Crippen LogP contribution in [0.15, 0.2) is 24.3 Å². The molecule has 0 saturated heterocycles. The molecule has 1 aromatic rings. The summed E-state index contributed by atoms with van der Waals surface area (Å²) < 4.78 is 0. The van der Waals surface area contributed by atoms with Gasteiger partial charge in [0, 0.05) is 12.1 Å². The maximum absolute atomic E-state index is 11.1. The standard InChI is InChI=1S/C14H22N2O/c1-12(17)14-7-5-13(6-8-14)11-16(3)10-4-9-15-2/h5-8,15H,4,9-11H2,1-3H3. The number of nitrogens with one attached hydrogen (secondary N) is 1. The summed E-state index contributed by atoms with van der Waals surface area (Å²) in [5.41, 5.74) is 2.04. The van der Waals surface area contributed by atoms with Crippen LogP contribution >= 0.6 is 0 Å². The van der Waals surface area contributed by atoms with Crippen LogP contribution in [0.2, 0.25) is 0 Å². The second-order valence-electron chi connectivity index (χ2n) is 4.45. The Kier molecular flexibility index (Phi) is 5.87. The van der Waals surface area contributed by atoms with Gasteiger partial charge in [0.1, 0.15) is 0 Å². The molecule has 0 amide bonds. The van der Waals surface area contributed by atoms with Crippen LogP contribution in [-0.4, -0.2) is 37.9 Å². The molecular weight excluding hydrogens is 212 g/mol. The second-order valence-corrected chi connectivity index (χ2v) is 4.45. The molecule has 0 fully saturated rings. The van der Waals surface area contributed by atoms with Crippen molar-refractivity contribution in [2.45, 2.75) is 19.9 Å². The SMILES string of the molecule is CNCCCN(C)Cc1ccc(C(C)=O)cc1. The Morgan fingerprint density at radius 2 is 1.94 bits per heavy atom. The average molecular weight is 234 g/mol. The minimum atomic E-state index is 0.124. The van der Waals surface area contributed by atoms with E-state index in [2.05, 4.69) is 17.3 Å². The van der Waals surface area contributed by atoms with Gasteiger partial charge in [-0.1, -0.05) is 24.3 Å². The molecule has 94 valence electrons. The van der Waals surface area contributed by atoms with Gasteiger partial charge in [0.05, 0.1) is 0 Å². The predicted octanol–water partition coefficient (Wildman–Crippen LogP) is 1.93. The first-order valence-electron chi connectivity index (χ1n) is 6.06. The second kappa shape index (κ2) is 7.20. The van der Waals surface area contributed by atoms with E-state index in [-0.39, 0.29) is 5.78 Å². The summed E-state index contributed by atoms with van der Waals surface area (Å²) in [5, 5.41) is 3.14. The van der Waals surface area contributed by atoms with Gasteiger partial charge in [-0.25, -0.2) is 0 Å². The molecule has 0 aliphatic carbocycles. The van der Waals surface area contributed by atoms with Crippen molar-refractivity contribution in [2.24, 2.45) is 0 Å². The van der Waals surface area contributed by atoms with Gasteiger partial charge in [-0.2, -0.15) is 0 Å². The molecule has 0 atom stereocenters. The monoisotopic (exact) mass is 234 g/mol. The highest BCUT2D eigenvalue weighted by molar-refractivity contribution is 5.93. The molecule has 0 unspecified atom stereocenters. The molecule has 0 heterocycles. The van der Waals surface area contributed by atoms with Crippen molar-refractivity contribution in [3.8, 4) is 0 Å². The Balaban J connectivity index is 2.43. The van der Waals surface area contributed by atoms with Crippen LogP contribution in [0.4, 0.5) is 0 Å². The Labute approximate surface area is 104 Å². The lowest BCUT2D eigenvalue weighted by molar-refractivity contribution is 0.101. The first-order chi connectivity index (χ1) is 8.13. The lowest BCUT2D eigenvalue weighted by atomic mass is 10.1. The van der Waals surface area contributed by atoms with Crippen molar-refractivity contribution in [2.75, 3.05) is 27.2 Å². The number of Topliss-reactive ketones (excluding diaryl/α,β-unsaturated/α-hetero) is 1. The summed E-state index contributed by atoms with van der Waals surface area (Å²) >= 11 is 0. The molecule has 0 bridgehead atoms. The summed E-state index contributed by atoms with van der Waals surface area (Å²) in [7, 11) is 4.09. The predicted molar refractivity (Wildman–Crippen MR) is 71.3 cm³/mol. The summed E-state index contributed by atoms with van der Waals surface area (Å²) in [4.78, 5) is 13.4. The molecule has 1 rings (SSSR count). The van der Waals surface area contributed by atoms with E-state index in [1.807, 2.05) is 31.3 Å². The number of carbonyl (C=O) groups is 1. The third-order valence-corrected chi connectivity index (χ3v) is 2.78. The van der Waals surface area contributed by atoms with Gasteiger partial charge in [0.25, 0.3) is 0 Å². The minimum absolute atomic E-state index is 0.124. The molecule has 3 nitrogen and oxygen atoms in total. The molecule has 0 aliphatic heterocycles. The van der Waals surface area contributed by atoms with E-state index >= 15 is 0 Å². The third kappa shape index (κ3) is 5.11. The molecular formula is C14H22N2O. The number of rotatable bonds is 7. The van der Waals surface area contributed by atoms with Gasteiger partial charge >= 0.3 is 0 Å². The molecule has 0 saturated carbocycles. The fourth-order valence-electron chi connectivity index (χ4n) is 1.76. The van der Waals surface area contributed by atoms with Gasteiger partial charge in [-0.3, -0.25) is 4.79 Å². The number of carbonyl (C=O) groups excluding carboxylic acids is 1. The fraction of sp³-hybridized carbons (Fsp3) is 0.500. The van der Waals surface area contributed by atoms with Crippen LogP contribution < -0.4 is 5.32 Å². The Morgan fingerprint density at radius 3 is 2.47 bits per heavy atom. The maximum atomic E-state index is 11.1. The highest BCUT2D eigenvalue weighted by atomic mass is 16.1. The van der Waals surface area contributed by atoms with E-state index in [1.54, 1.807) is 6.92 Å². The first-order valence-corrected chi connectivity index (χ1v) is 6.06. The van der Waals surface area contributed by atoms with Crippen molar-refractivity contribution in [3.05, 3.63) is 35.4 Å². The van der Waals surface area contributed by atoms with Crippen LogP contribution in [-0.2, 0) is 6.54 Å². The number of hydrogen-bond donors (Lipinski definition) is 1. The van der Waals surface area contributed by atoms with E-state index in [4.69, 9.17) is 0 Å². The van der Waals surface area contributed by atoms with Crippen molar-refractivity contribution < 1.29 is 4.79 Å². The van der Waals surface area contributed by atoms with E-state index < -0.39 is 0 Å². The maximum Gasteiger partial charge on any atom is 0.159 e. The minimum Gasteiger partial charge on any atom is -0.320 e. The summed E-state index contributed by atoms with van der Waals surface area (Å²) in [6.07, 6.45) is 1.15. The van der Waals surface area contributed by atoms with Gasteiger partial charge in [-0.05, 0) is 46.1 Å². The number of ketones is 1. The number of hydrogen-bond acceptors (Lipinski definition) is 3. The Bertz CT molecular complexity index is 346. The van der Waals surface area contributed by atoms with E-state index in [1.165, 1.54) is 5.56 Å². The van der Waals surface area contributed by atoms with Crippen LogP contribution in [0, 0.1) is 0 Å². The van der Waals surface area contributed by atoms with Crippen LogP contribution in [0.25, 0.3) is 0 Å². The zero-order valence-corrected chi connectivity index (χ0v) is 11.0. The third-order valence-electron chi connectivity index (χ3n) is 2.78. The summed E-state index contributed by atoms with van der Waals surface area (Å²) in [6.45, 7) is 4.66. The van der Waals surface area contributed by atoms with Gasteiger partial charge in [0.2, 0.25) is 0 Å². The highest BCUT2D eigenvalue weighted by Gasteiger charge is 2.02. The zero-order valence-electron chi connectivity index (χ0n) is 11.0. The van der Waals surface area contributed by atoms with Crippen molar-refractivity contribution in [1.29, 1.82) is 0 Å². The van der Waals surface area contributed by atoms with Gasteiger partial charge in [-0.15, -0.1) is 0 Å². The summed E-state index contributed by atoms with van der Waals surface area (Å²) in [6, 6.07) is 7.87. The quantitative estimate of drug-likeness (QED) is 0.578. The normalized spacial score (nSPS) is 10.8. The molecule has 0 spiro atoms. The number of nitrogens with zero attached hydrogens (tertiary/aromatic N) is 1. The molecule has 1 aromatic carbocycles. The zero-order chi connectivity index (χ0) is 12.7. The largest absolute Gasteiger partial charge is 0.320 e. The van der Waals surface area contributed by atoms with Crippen molar-refractivity contribution >= 4 is 5.78 Å². The molecule has 0 radical (unpaired) electrons. The molecule has 3 heteroatoms. The van der Waals surface area contributed by atoms with Gasteiger partial charge in [0.15, 0.2) is 5.78 Å². The van der Waals surface area contributed by atoms with Crippen molar-refractivity contribution in [3.63, 3.8) is 0 Å². The number of benzene rings is 1. The van der Waals surface area contributed by atoms with E-state index in [9.17, 15) is 4.79 Å². The average Bonchev–Trinajstić information content (AvgIpc) is 2.30. The fourth-order valence-corrected chi connectivity index (χ4v) is 1.76. The molecule has 17 heavy (non-hydrogen) atoms. The lowest BCUT2D eigenvalue weighted by Crippen LogP contribution is -2.22. The van der Waals surface area contributed by atoms with Crippen LogP contribution in [0.5, 0.6) is 0 Å². The molecule has 0 aromatic heterocycles. The summed E-state index contributed by atoms with van der Waals surface area (Å²) in [5.74, 6) is 0.124. The smallest absolute Gasteiger partial charge is 0.159 e. The molecule has 1 N–H and O–H groups in total. The first kappa shape index (κ1) is 13.9. The van der Waals surface area contributed by atoms with E-state index in [0.29, 0.717) is 0 Å². The molecule has 0 aliphatic rings. The lowest BCUT2D eigenvalue weighted by Gasteiger charge is -2.16.